The predicted octanol–water partition coefficient (Wildman–Crippen LogP) is 9.59. The van der Waals surface area contributed by atoms with Crippen molar-refractivity contribution in [3.05, 3.63) is 82.7 Å². The lowest BCUT2D eigenvalue weighted by molar-refractivity contribution is 0.0655. The Morgan fingerprint density at radius 2 is 1.14 bits per heavy atom. The van der Waals surface area contributed by atoms with E-state index in [0.29, 0.717) is 61.6 Å². The van der Waals surface area contributed by atoms with E-state index in [1.54, 1.807) is 6.20 Å². The minimum absolute atomic E-state index is 0.0917. The molecule has 8 aliphatic heterocycles. The molecule has 12 heterocycles. The number of fused-ring (bicyclic) bond motifs is 12. The maximum Gasteiger partial charge on any atom is 0.243 e. The summed E-state index contributed by atoms with van der Waals surface area (Å²) >= 11 is 0. The minimum atomic E-state index is -2.93. The molecule has 16 nitrogen and oxygen atoms in total. The fraction of sp³-hybridized carbons (Fsp3) is 0.632. The molecule has 12 rings (SSSR count). The maximum absolute atomic E-state index is 11.7. The molecule has 4 fully saturated rings. The van der Waals surface area contributed by atoms with Gasteiger partial charge in [0.15, 0.2) is 56.1 Å². The van der Waals surface area contributed by atoms with Gasteiger partial charge in [0.1, 0.15) is 26.4 Å². The lowest BCUT2D eigenvalue weighted by atomic mass is 9.97. The van der Waals surface area contributed by atoms with Crippen molar-refractivity contribution in [3.8, 4) is 23.0 Å². The van der Waals surface area contributed by atoms with E-state index in [4.69, 9.17) is 30.3 Å². The number of hydrogen-bond acceptors (Lipinski definition) is 15. The molecule has 0 aromatic carbocycles. The fourth-order valence-corrected chi connectivity index (χ4v) is 13.2. The first kappa shape index (κ1) is 53.2. The first-order valence-corrected chi connectivity index (χ1v) is 29.1. The van der Waals surface area contributed by atoms with Crippen LogP contribution in [0.25, 0.3) is 4.85 Å². The zero-order valence-corrected chi connectivity index (χ0v) is 46.2. The molecule has 400 valence electrons. The summed E-state index contributed by atoms with van der Waals surface area (Å²) in [6.07, 6.45) is 13.2. The Hall–Kier alpha value is -5.60. The molecular weight excluding hydrogens is 955 g/mol. The van der Waals surface area contributed by atoms with E-state index in [2.05, 4.69) is 126 Å². The van der Waals surface area contributed by atoms with Gasteiger partial charge in [0, 0.05) is 79.7 Å². The summed E-state index contributed by atoms with van der Waals surface area (Å²) in [5, 5.41) is 0. The Bertz CT molecular complexity index is 2770. The van der Waals surface area contributed by atoms with Crippen LogP contribution in [0.5, 0.6) is 23.0 Å². The lowest BCUT2D eigenvalue weighted by Crippen LogP contribution is -2.53. The zero-order valence-electron chi connectivity index (χ0n) is 45.4. The third-order valence-electron chi connectivity index (χ3n) is 15.8. The van der Waals surface area contributed by atoms with Gasteiger partial charge in [-0.25, -0.2) is 34.9 Å². The second kappa shape index (κ2) is 22.3. The second-order valence-electron chi connectivity index (χ2n) is 22.6. The van der Waals surface area contributed by atoms with Crippen molar-refractivity contribution >= 4 is 33.1 Å². The van der Waals surface area contributed by atoms with Gasteiger partial charge < -0.3 is 48.1 Å². The standard InChI is InChI=1S/C16H24N2O2.C14H17N3O.C14H20N2O.C13H18N2O3S/c1-4-7-19-13-8-12-10-20-15-14(11(2)3)5-6-17-16(15)18(12)9-13;1-9(2)12-4-5-16-14-13(12)18-8-11-6-10(15-3)7-17(11)14;1-10(2)11-5-7-15-13-12(11)17-9-14(3)6-4-8-16(13)14;1-9(2)11-3-4-14-13-12(11)18-7-10-8-19(16,17)6-5-15(10)13/h5-6,11-13H,4,7-10H2,1-3H3;4-5,9-11H,6-8H2,1-2H3;5,7,10H,4,6,8-9H2,1-3H3;3-4,9-10H,5-8H2,1-2H3/t;;14-;/m..1./s1. The molecule has 17 heteroatoms. The highest BCUT2D eigenvalue weighted by molar-refractivity contribution is 7.91. The molecule has 0 bridgehead atoms. The van der Waals surface area contributed by atoms with Crippen molar-refractivity contribution in [2.45, 2.75) is 161 Å². The molecule has 4 aromatic rings. The number of nitrogens with zero attached hydrogens (tertiary/aromatic N) is 9. The van der Waals surface area contributed by atoms with Crippen LogP contribution in [0.1, 0.15) is 147 Å². The molecule has 8 aliphatic rings. The summed E-state index contributed by atoms with van der Waals surface area (Å²) in [7, 11) is -2.93. The Kier molecular flexibility index (Phi) is 16.1. The number of ether oxygens (including phenoxy) is 5. The lowest BCUT2D eigenvalue weighted by Gasteiger charge is -2.41. The first-order valence-electron chi connectivity index (χ1n) is 27.2. The fourth-order valence-electron chi connectivity index (χ4n) is 11.7. The van der Waals surface area contributed by atoms with Crippen LogP contribution in [-0.2, 0) is 14.6 Å². The predicted molar refractivity (Wildman–Crippen MR) is 292 cm³/mol. The Balaban J connectivity index is 0.000000121. The topological polar surface area (TPSA) is 149 Å². The average Bonchev–Trinajstić information content (AvgIpc) is 4.14. The minimum Gasteiger partial charge on any atom is -0.487 e. The SMILES string of the molecule is CC(C)c1ccnc2c1OCC1CS(=O)(=O)CCN21.CC(C)c1ccnc2c1OC[C@@]1(C)CCCN21.CCCOC1CC2COc3c(C(C)C)ccnc3N2C1.[C-]#[N+]C1CC2COc3c(C(C)C)ccnc3N2C1. The first-order chi connectivity index (χ1) is 35.5. The van der Waals surface area contributed by atoms with Crippen molar-refractivity contribution in [3.63, 3.8) is 0 Å². The molecule has 5 unspecified atom stereocenters. The van der Waals surface area contributed by atoms with Crippen LogP contribution in [0, 0.1) is 6.57 Å². The maximum atomic E-state index is 11.7. The summed E-state index contributed by atoms with van der Waals surface area (Å²) in [6.45, 7) is 35.8. The van der Waals surface area contributed by atoms with Gasteiger partial charge in [-0.3, -0.25) is 0 Å². The smallest absolute Gasteiger partial charge is 0.243 e. The highest BCUT2D eigenvalue weighted by Gasteiger charge is 2.45. The van der Waals surface area contributed by atoms with Crippen LogP contribution in [0.2, 0.25) is 0 Å². The normalized spacial score (nSPS) is 25.2. The van der Waals surface area contributed by atoms with E-state index in [0.717, 1.165) is 111 Å². The Labute approximate surface area is 440 Å². The molecule has 74 heavy (non-hydrogen) atoms. The molecule has 0 N–H and O–H groups in total. The number of pyridine rings is 4. The second-order valence-corrected chi connectivity index (χ2v) is 24.9. The summed E-state index contributed by atoms with van der Waals surface area (Å²) in [6, 6.07) is 8.91. The summed E-state index contributed by atoms with van der Waals surface area (Å²) in [5.41, 5.74) is 5.05. The van der Waals surface area contributed by atoms with Crippen LogP contribution >= 0.6 is 0 Å². The van der Waals surface area contributed by atoms with E-state index in [1.807, 2.05) is 30.7 Å². The summed E-state index contributed by atoms with van der Waals surface area (Å²) < 4.78 is 53.1. The molecule has 0 amide bonds. The largest absolute Gasteiger partial charge is 0.487 e. The van der Waals surface area contributed by atoms with Crippen molar-refractivity contribution in [2.24, 2.45) is 0 Å². The Morgan fingerprint density at radius 3 is 1.65 bits per heavy atom. The van der Waals surface area contributed by atoms with Gasteiger partial charge in [-0.1, -0.05) is 62.3 Å². The molecule has 0 spiro atoms. The number of rotatable bonds is 7. The molecule has 4 aromatic heterocycles. The summed E-state index contributed by atoms with van der Waals surface area (Å²) in [4.78, 5) is 30.8. The van der Waals surface area contributed by atoms with Gasteiger partial charge in [-0.15, -0.1) is 0 Å². The molecule has 0 aliphatic carbocycles. The summed E-state index contributed by atoms with van der Waals surface area (Å²) in [5.74, 6) is 9.66. The van der Waals surface area contributed by atoms with Crippen molar-refractivity contribution in [1.29, 1.82) is 0 Å². The highest BCUT2D eigenvalue weighted by atomic mass is 32.2. The Morgan fingerprint density at radius 1 is 0.662 bits per heavy atom. The van der Waals surface area contributed by atoms with Crippen LogP contribution in [-0.4, -0.2) is 135 Å². The number of anilines is 4. The van der Waals surface area contributed by atoms with Gasteiger partial charge in [0.05, 0.1) is 47.8 Å². The van der Waals surface area contributed by atoms with Crippen LogP contribution in [0.4, 0.5) is 23.3 Å². The average molecular weight is 1030 g/mol. The van der Waals surface area contributed by atoms with E-state index in [9.17, 15) is 8.42 Å². The van der Waals surface area contributed by atoms with Gasteiger partial charge in [0.2, 0.25) is 6.04 Å². The third kappa shape index (κ3) is 10.9. The monoisotopic (exact) mass is 1030 g/mol. The van der Waals surface area contributed by atoms with E-state index >= 15 is 0 Å². The number of sulfone groups is 1. The molecule has 0 saturated carbocycles. The van der Waals surface area contributed by atoms with E-state index in [-0.39, 0.29) is 29.1 Å². The quantitative estimate of drug-likeness (QED) is 0.162. The molecule has 0 radical (unpaired) electrons. The number of aromatic nitrogens is 4. The molecule has 6 atom stereocenters. The van der Waals surface area contributed by atoms with Crippen LogP contribution in [0.15, 0.2) is 49.1 Å². The van der Waals surface area contributed by atoms with Crippen LogP contribution in [0.3, 0.4) is 0 Å². The molecule has 4 saturated heterocycles. The van der Waals surface area contributed by atoms with Crippen molar-refractivity contribution in [1.82, 2.24) is 19.9 Å². The van der Waals surface area contributed by atoms with Gasteiger partial charge in [-0.05, 0) is 80.5 Å². The third-order valence-corrected chi connectivity index (χ3v) is 17.5. The van der Waals surface area contributed by atoms with Crippen molar-refractivity contribution < 1.29 is 32.1 Å². The number of hydrogen-bond donors (Lipinski definition) is 0. The van der Waals surface area contributed by atoms with Crippen LogP contribution < -0.4 is 38.5 Å². The molecular formula is C57H79N9O7S. The van der Waals surface area contributed by atoms with E-state index < -0.39 is 9.84 Å². The zero-order chi connectivity index (χ0) is 52.5. The highest BCUT2D eigenvalue weighted by Crippen LogP contribution is 2.46. The van der Waals surface area contributed by atoms with Gasteiger partial charge in [0.25, 0.3) is 0 Å². The van der Waals surface area contributed by atoms with Gasteiger partial charge >= 0.3 is 0 Å². The van der Waals surface area contributed by atoms with Gasteiger partial charge in [-0.2, -0.15) is 0 Å². The van der Waals surface area contributed by atoms with Crippen molar-refractivity contribution in [2.75, 3.05) is 90.3 Å². The van der Waals surface area contributed by atoms with E-state index in [1.165, 1.54) is 29.5 Å².